The number of hydrogen-bond acceptors (Lipinski definition) is 5. The molecule has 1 amide bonds. The summed E-state index contributed by atoms with van der Waals surface area (Å²) in [5.41, 5.74) is 2.40. The second-order valence-electron chi connectivity index (χ2n) is 7.25. The van der Waals surface area contributed by atoms with Crippen LogP contribution in [0, 0.1) is 5.92 Å². The van der Waals surface area contributed by atoms with Crippen LogP contribution in [0.5, 0.6) is 0 Å². The predicted molar refractivity (Wildman–Crippen MR) is 99.2 cm³/mol. The van der Waals surface area contributed by atoms with Crippen LogP contribution in [-0.4, -0.2) is 59.1 Å². The average Bonchev–Trinajstić information content (AvgIpc) is 2.59. The average molecular weight is 360 g/mol. The van der Waals surface area contributed by atoms with Crippen LogP contribution >= 0.6 is 0 Å². The first-order chi connectivity index (χ1) is 12.5. The SMILES string of the molecule is CC(C(=O)O)N1CC(C(=O)NCCCCc2ccc3c(n2)NCCC3)C1. The van der Waals surface area contributed by atoms with E-state index in [1.807, 2.05) is 4.90 Å². The highest BCUT2D eigenvalue weighted by atomic mass is 16.4. The highest BCUT2D eigenvalue weighted by molar-refractivity contribution is 5.80. The summed E-state index contributed by atoms with van der Waals surface area (Å²) in [5, 5.41) is 15.3. The molecule has 1 atom stereocenters. The molecule has 1 fully saturated rings. The van der Waals surface area contributed by atoms with Crippen LogP contribution in [-0.2, 0) is 22.4 Å². The van der Waals surface area contributed by atoms with E-state index in [-0.39, 0.29) is 11.8 Å². The van der Waals surface area contributed by atoms with Gasteiger partial charge in [0.2, 0.25) is 5.91 Å². The highest BCUT2D eigenvalue weighted by Crippen LogP contribution is 2.20. The number of carbonyl (C=O) groups is 2. The van der Waals surface area contributed by atoms with E-state index in [1.165, 1.54) is 12.0 Å². The van der Waals surface area contributed by atoms with E-state index in [0.717, 1.165) is 43.7 Å². The Morgan fingerprint density at radius 2 is 2.19 bits per heavy atom. The lowest BCUT2D eigenvalue weighted by Crippen LogP contribution is -2.58. The summed E-state index contributed by atoms with van der Waals surface area (Å²) in [6, 6.07) is 3.76. The van der Waals surface area contributed by atoms with Gasteiger partial charge in [-0.1, -0.05) is 6.07 Å². The number of pyridine rings is 1. The van der Waals surface area contributed by atoms with Gasteiger partial charge in [0, 0.05) is 31.9 Å². The first kappa shape index (κ1) is 18.6. The smallest absolute Gasteiger partial charge is 0.320 e. The van der Waals surface area contributed by atoms with Crippen molar-refractivity contribution < 1.29 is 14.7 Å². The zero-order valence-electron chi connectivity index (χ0n) is 15.3. The number of aromatic nitrogens is 1. The molecule has 0 radical (unpaired) electrons. The molecule has 2 aliphatic heterocycles. The quantitative estimate of drug-likeness (QED) is 0.605. The second-order valence-corrected chi connectivity index (χ2v) is 7.25. The normalized spacial score (nSPS) is 18.3. The molecule has 0 bridgehead atoms. The monoisotopic (exact) mass is 360 g/mol. The Balaban J connectivity index is 1.30. The van der Waals surface area contributed by atoms with Crippen LogP contribution in [0.1, 0.15) is 37.4 Å². The minimum atomic E-state index is -0.838. The van der Waals surface area contributed by atoms with Crippen LogP contribution in [0.3, 0.4) is 0 Å². The molecule has 0 saturated carbocycles. The zero-order chi connectivity index (χ0) is 18.5. The molecule has 26 heavy (non-hydrogen) atoms. The number of nitrogens with zero attached hydrogens (tertiary/aromatic N) is 2. The summed E-state index contributed by atoms with van der Waals surface area (Å²) in [5.74, 6) is 0.155. The number of fused-ring (bicyclic) bond motifs is 1. The lowest BCUT2D eigenvalue weighted by atomic mass is 9.97. The molecule has 0 aliphatic carbocycles. The van der Waals surface area contributed by atoms with Gasteiger partial charge < -0.3 is 15.7 Å². The Labute approximate surface area is 154 Å². The van der Waals surface area contributed by atoms with Crippen LogP contribution < -0.4 is 10.6 Å². The van der Waals surface area contributed by atoms with E-state index in [1.54, 1.807) is 6.92 Å². The van der Waals surface area contributed by atoms with Gasteiger partial charge in [-0.3, -0.25) is 14.5 Å². The van der Waals surface area contributed by atoms with Crippen LogP contribution in [0.2, 0.25) is 0 Å². The van der Waals surface area contributed by atoms with E-state index in [2.05, 4.69) is 27.8 Å². The first-order valence-electron chi connectivity index (χ1n) is 9.52. The van der Waals surface area contributed by atoms with Gasteiger partial charge in [0.05, 0.1) is 5.92 Å². The van der Waals surface area contributed by atoms with Crippen LogP contribution in [0.15, 0.2) is 12.1 Å². The molecule has 0 spiro atoms. The Morgan fingerprint density at radius 1 is 1.38 bits per heavy atom. The number of nitrogens with one attached hydrogen (secondary N) is 2. The van der Waals surface area contributed by atoms with Gasteiger partial charge in [-0.2, -0.15) is 0 Å². The topological polar surface area (TPSA) is 94.6 Å². The Morgan fingerprint density at radius 3 is 2.96 bits per heavy atom. The maximum Gasteiger partial charge on any atom is 0.320 e. The molecule has 7 nitrogen and oxygen atoms in total. The Bertz CT molecular complexity index is 658. The number of carboxylic acids is 1. The number of carbonyl (C=O) groups excluding carboxylic acids is 1. The van der Waals surface area contributed by atoms with Crippen LogP contribution in [0.4, 0.5) is 5.82 Å². The van der Waals surface area contributed by atoms with Crippen molar-refractivity contribution in [1.82, 2.24) is 15.2 Å². The predicted octanol–water partition coefficient (Wildman–Crippen LogP) is 1.28. The molecule has 1 unspecified atom stereocenters. The third-order valence-corrected chi connectivity index (χ3v) is 5.30. The standard InChI is InChI=1S/C19H28N4O3/c1-13(19(25)26)23-11-15(12-23)18(24)21-9-3-2-6-16-8-7-14-5-4-10-20-17(14)22-16/h7-8,13,15H,2-6,9-12H2,1H3,(H,20,22)(H,21,24)(H,25,26). The summed E-state index contributed by atoms with van der Waals surface area (Å²) < 4.78 is 0. The maximum absolute atomic E-state index is 12.1. The highest BCUT2D eigenvalue weighted by Gasteiger charge is 2.37. The molecular formula is C19H28N4O3. The van der Waals surface area contributed by atoms with E-state index in [4.69, 9.17) is 5.11 Å². The lowest BCUT2D eigenvalue weighted by molar-refractivity contribution is -0.148. The molecule has 2 aliphatic rings. The largest absolute Gasteiger partial charge is 0.480 e. The minimum Gasteiger partial charge on any atom is -0.480 e. The van der Waals surface area contributed by atoms with Crippen molar-refractivity contribution in [3.05, 3.63) is 23.4 Å². The number of aliphatic carboxylic acids is 1. The molecule has 0 aromatic carbocycles. The van der Waals surface area contributed by atoms with E-state index >= 15 is 0 Å². The molecule has 1 aromatic heterocycles. The summed E-state index contributed by atoms with van der Waals surface area (Å²) in [7, 11) is 0. The fraction of sp³-hybridized carbons (Fsp3) is 0.632. The number of anilines is 1. The van der Waals surface area contributed by atoms with Gasteiger partial charge in [0.15, 0.2) is 0 Å². The number of carboxylic acid groups (broad SMARTS) is 1. The van der Waals surface area contributed by atoms with Crippen LogP contribution in [0.25, 0.3) is 0 Å². The van der Waals surface area contributed by atoms with Crippen molar-refractivity contribution in [3.8, 4) is 0 Å². The lowest BCUT2D eigenvalue weighted by Gasteiger charge is -2.40. The molecule has 1 saturated heterocycles. The number of aryl methyl sites for hydroxylation is 2. The van der Waals surface area contributed by atoms with Crippen molar-refractivity contribution >= 4 is 17.7 Å². The number of amides is 1. The van der Waals surface area contributed by atoms with Gasteiger partial charge in [-0.15, -0.1) is 0 Å². The second kappa shape index (κ2) is 8.49. The number of unbranched alkanes of at least 4 members (excludes halogenated alkanes) is 1. The maximum atomic E-state index is 12.1. The molecule has 3 rings (SSSR count). The van der Waals surface area contributed by atoms with E-state index in [0.29, 0.717) is 19.6 Å². The van der Waals surface area contributed by atoms with Gasteiger partial charge in [-0.25, -0.2) is 4.98 Å². The summed E-state index contributed by atoms with van der Waals surface area (Å²) >= 11 is 0. The number of likely N-dealkylation sites (tertiary alicyclic amines) is 1. The van der Waals surface area contributed by atoms with Gasteiger partial charge in [-0.05, 0) is 50.7 Å². The fourth-order valence-corrected chi connectivity index (χ4v) is 3.45. The fourth-order valence-electron chi connectivity index (χ4n) is 3.45. The summed E-state index contributed by atoms with van der Waals surface area (Å²) in [6.45, 7) is 4.38. The van der Waals surface area contributed by atoms with Gasteiger partial charge in [0.25, 0.3) is 0 Å². The van der Waals surface area contributed by atoms with Crippen molar-refractivity contribution in [1.29, 1.82) is 0 Å². The molecule has 3 N–H and O–H groups in total. The van der Waals surface area contributed by atoms with Crippen molar-refractivity contribution in [3.63, 3.8) is 0 Å². The van der Waals surface area contributed by atoms with Gasteiger partial charge in [0.1, 0.15) is 11.9 Å². The van der Waals surface area contributed by atoms with Gasteiger partial charge >= 0.3 is 5.97 Å². The summed E-state index contributed by atoms with van der Waals surface area (Å²) in [4.78, 5) is 29.4. The van der Waals surface area contributed by atoms with Crippen molar-refractivity contribution in [2.45, 2.75) is 45.1 Å². The third kappa shape index (κ3) is 4.52. The first-order valence-corrected chi connectivity index (χ1v) is 9.52. The molecular weight excluding hydrogens is 332 g/mol. The summed E-state index contributed by atoms with van der Waals surface area (Å²) in [6.07, 6.45) is 5.09. The zero-order valence-corrected chi connectivity index (χ0v) is 15.3. The molecule has 3 heterocycles. The molecule has 7 heteroatoms. The number of rotatable bonds is 8. The Kier molecular flexibility index (Phi) is 6.08. The van der Waals surface area contributed by atoms with E-state index < -0.39 is 12.0 Å². The molecule has 1 aromatic rings. The van der Waals surface area contributed by atoms with E-state index in [9.17, 15) is 9.59 Å². The van der Waals surface area contributed by atoms with Crippen molar-refractivity contribution in [2.75, 3.05) is 31.5 Å². The third-order valence-electron chi connectivity index (χ3n) is 5.30. The van der Waals surface area contributed by atoms with Crippen molar-refractivity contribution in [2.24, 2.45) is 5.92 Å². The molecule has 142 valence electrons. The minimum absolute atomic E-state index is 0.0370. The number of hydrogen-bond donors (Lipinski definition) is 3. The Hall–Kier alpha value is -2.15.